The Kier molecular flexibility index (Phi) is 6.44. The molecule has 0 bridgehead atoms. The Morgan fingerprint density at radius 1 is 1.35 bits per heavy atom. The summed E-state index contributed by atoms with van der Waals surface area (Å²) in [6, 6.07) is 0. The van der Waals surface area contributed by atoms with E-state index in [2.05, 4.69) is 17.1 Å². The van der Waals surface area contributed by atoms with Crippen molar-refractivity contribution in [3.8, 4) is 0 Å². The largest absolute Gasteiger partial charge is 0.390 e. The van der Waals surface area contributed by atoms with Crippen molar-refractivity contribution in [2.75, 3.05) is 39.0 Å². The fourth-order valence-electron chi connectivity index (χ4n) is 2.28. The number of hydrogen-bond donors (Lipinski definition) is 2. The minimum absolute atomic E-state index is 0.361. The second-order valence-electron chi connectivity index (χ2n) is 6.80. The quantitative estimate of drug-likeness (QED) is 0.716. The van der Waals surface area contributed by atoms with Crippen molar-refractivity contribution in [1.29, 1.82) is 0 Å². The zero-order valence-corrected chi connectivity index (χ0v) is 14.0. The normalized spacial score (nSPS) is 21.1. The van der Waals surface area contributed by atoms with Gasteiger partial charge in [-0.1, -0.05) is 6.92 Å². The molecule has 2 N–H and O–H groups in total. The molecule has 1 heterocycles. The fraction of sp³-hybridized carbons (Fsp3) is 1.00. The van der Waals surface area contributed by atoms with E-state index in [1.807, 2.05) is 0 Å². The van der Waals surface area contributed by atoms with Crippen LogP contribution in [0, 0.1) is 5.92 Å². The molecule has 0 amide bonds. The molecule has 0 spiro atoms. The third-order valence-corrected chi connectivity index (χ3v) is 6.43. The number of β-amino-alcohol motifs (C(OH)–C–C–N with tert-alkyl or cyclic N) is 1. The number of aliphatic hydroxyl groups is 1. The van der Waals surface area contributed by atoms with Crippen LogP contribution in [-0.4, -0.2) is 68.3 Å². The number of nitrogens with one attached hydrogen (secondary N) is 1. The van der Waals surface area contributed by atoms with E-state index in [0.29, 0.717) is 19.6 Å². The predicted octanol–water partition coefficient (Wildman–Crippen LogP) is 0.492. The first-order valence-corrected chi connectivity index (χ1v) is 9.32. The Labute approximate surface area is 123 Å². The molecule has 1 atom stereocenters. The number of rotatable bonds is 7. The minimum Gasteiger partial charge on any atom is -0.390 e. The van der Waals surface area contributed by atoms with Gasteiger partial charge in [0.25, 0.3) is 0 Å². The van der Waals surface area contributed by atoms with Gasteiger partial charge in [-0.3, -0.25) is 0 Å². The smallest absolute Gasteiger partial charge is 0.153 e. The first-order chi connectivity index (χ1) is 9.12. The molecule has 1 unspecified atom stereocenters. The van der Waals surface area contributed by atoms with Crippen LogP contribution in [0.2, 0.25) is 0 Å². The molecule has 0 saturated carbocycles. The highest BCUT2D eigenvalue weighted by molar-refractivity contribution is 7.92. The van der Waals surface area contributed by atoms with Crippen molar-refractivity contribution < 1.29 is 13.5 Å². The topological polar surface area (TPSA) is 69.6 Å². The van der Waals surface area contributed by atoms with Crippen LogP contribution in [0.15, 0.2) is 0 Å². The van der Waals surface area contributed by atoms with Crippen molar-refractivity contribution in [1.82, 2.24) is 10.2 Å². The van der Waals surface area contributed by atoms with Gasteiger partial charge in [0.2, 0.25) is 0 Å². The monoisotopic (exact) mass is 306 g/mol. The molecule has 120 valence electrons. The van der Waals surface area contributed by atoms with Gasteiger partial charge in [-0.2, -0.15) is 0 Å². The zero-order valence-electron chi connectivity index (χ0n) is 13.2. The van der Waals surface area contributed by atoms with Crippen molar-refractivity contribution in [3.63, 3.8) is 0 Å². The molecule has 0 aromatic carbocycles. The maximum atomic E-state index is 11.6. The molecule has 5 nitrogen and oxygen atoms in total. The van der Waals surface area contributed by atoms with E-state index >= 15 is 0 Å². The lowest BCUT2D eigenvalue weighted by Crippen LogP contribution is -2.46. The molecule has 1 saturated heterocycles. The number of aliphatic hydroxyl groups excluding tert-OH is 1. The summed E-state index contributed by atoms with van der Waals surface area (Å²) in [7, 11) is -3.09. The minimum atomic E-state index is -3.09. The van der Waals surface area contributed by atoms with Crippen LogP contribution in [-0.2, 0) is 9.84 Å². The van der Waals surface area contributed by atoms with Crippen molar-refractivity contribution >= 4 is 9.84 Å². The molecule has 0 aromatic heterocycles. The lowest BCUT2D eigenvalue weighted by Gasteiger charge is -2.32. The fourth-order valence-corrected chi connectivity index (χ4v) is 2.64. The van der Waals surface area contributed by atoms with E-state index in [1.165, 1.54) is 19.1 Å². The Hall–Kier alpha value is -0.170. The second-order valence-corrected chi connectivity index (χ2v) is 9.45. The summed E-state index contributed by atoms with van der Waals surface area (Å²) in [5.74, 6) is 0.789. The van der Waals surface area contributed by atoms with E-state index in [1.54, 1.807) is 13.8 Å². The first-order valence-electron chi connectivity index (χ1n) is 7.42. The molecule has 1 rings (SSSR count). The maximum absolute atomic E-state index is 11.6. The number of hydrogen-bond acceptors (Lipinski definition) is 5. The molecule has 1 aliphatic rings. The second kappa shape index (κ2) is 7.20. The molecular formula is C14H30N2O3S. The van der Waals surface area contributed by atoms with Gasteiger partial charge in [0.05, 0.1) is 10.9 Å². The Morgan fingerprint density at radius 3 is 2.40 bits per heavy atom. The number of likely N-dealkylation sites (tertiary alicyclic amines) is 1. The summed E-state index contributed by atoms with van der Waals surface area (Å²) in [5, 5.41) is 13.1. The van der Waals surface area contributed by atoms with E-state index < -0.39 is 20.7 Å². The van der Waals surface area contributed by atoms with Crippen LogP contribution in [0.5, 0.6) is 0 Å². The van der Waals surface area contributed by atoms with Gasteiger partial charge in [-0.25, -0.2) is 8.42 Å². The van der Waals surface area contributed by atoms with Crippen molar-refractivity contribution in [2.24, 2.45) is 5.92 Å². The lowest BCUT2D eigenvalue weighted by molar-refractivity contribution is 0.0906. The van der Waals surface area contributed by atoms with Gasteiger partial charge < -0.3 is 15.3 Å². The average molecular weight is 306 g/mol. The number of nitrogens with zero attached hydrogens (tertiary/aromatic N) is 1. The lowest BCUT2D eigenvalue weighted by atomic mass is 9.99. The molecule has 0 aromatic rings. The number of piperidine rings is 1. The molecule has 1 fully saturated rings. The van der Waals surface area contributed by atoms with Crippen LogP contribution in [0.3, 0.4) is 0 Å². The highest BCUT2D eigenvalue weighted by atomic mass is 32.2. The summed E-state index contributed by atoms with van der Waals surface area (Å²) in [6.45, 7) is 9.23. The molecule has 0 aliphatic carbocycles. The maximum Gasteiger partial charge on any atom is 0.153 e. The summed E-state index contributed by atoms with van der Waals surface area (Å²) >= 11 is 0. The van der Waals surface area contributed by atoms with Crippen molar-refractivity contribution in [2.45, 2.75) is 44.5 Å². The zero-order chi connectivity index (χ0) is 15.4. The van der Waals surface area contributed by atoms with Crippen LogP contribution in [0.25, 0.3) is 0 Å². The Morgan fingerprint density at radius 2 is 1.90 bits per heavy atom. The van der Waals surface area contributed by atoms with Gasteiger partial charge in [0.1, 0.15) is 0 Å². The molecule has 6 heteroatoms. The SMILES string of the molecule is CC1CCN(CC(O)CNCC(C)(C)S(C)(=O)=O)CC1. The third kappa shape index (κ3) is 5.68. The van der Waals surface area contributed by atoms with E-state index in [4.69, 9.17) is 0 Å². The standard InChI is InChI=1S/C14H30N2O3S/c1-12-5-7-16(8-6-12)10-13(17)9-15-11-14(2,3)20(4,18)19/h12-13,15,17H,5-11H2,1-4H3. The summed E-state index contributed by atoms with van der Waals surface area (Å²) in [4.78, 5) is 2.29. The molecule has 0 radical (unpaired) electrons. The van der Waals surface area contributed by atoms with Crippen LogP contribution in [0.1, 0.15) is 33.6 Å². The average Bonchev–Trinajstić information content (AvgIpc) is 2.30. The van der Waals surface area contributed by atoms with E-state index in [9.17, 15) is 13.5 Å². The summed E-state index contributed by atoms with van der Waals surface area (Å²) in [6.07, 6.45) is 3.20. The predicted molar refractivity (Wildman–Crippen MR) is 82.6 cm³/mol. The van der Waals surface area contributed by atoms with E-state index in [0.717, 1.165) is 19.0 Å². The van der Waals surface area contributed by atoms with Crippen molar-refractivity contribution in [3.05, 3.63) is 0 Å². The third-order valence-electron chi connectivity index (χ3n) is 4.28. The van der Waals surface area contributed by atoms with Gasteiger partial charge >= 0.3 is 0 Å². The van der Waals surface area contributed by atoms with Gasteiger partial charge in [0.15, 0.2) is 9.84 Å². The highest BCUT2D eigenvalue weighted by Crippen LogP contribution is 2.16. The van der Waals surface area contributed by atoms with Gasteiger partial charge in [-0.05, 0) is 45.7 Å². The van der Waals surface area contributed by atoms with E-state index in [-0.39, 0.29) is 0 Å². The van der Waals surface area contributed by atoms with Crippen LogP contribution < -0.4 is 5.32 Å². The van der Waals surface area contributed by atoms with Crippen LogP contribution in [0.4, 0.5) is 0 Å². The van der Waals surface area contributed by atoms with Gasteiger partial charge in [0, 0.05) is 25.9 Å². The summed E-state index contributed by atoms with van der Waals surface area (Å²) < 4.78 is 22.3. The number of sulfone groups is 1. The highest BCUT2D eigenvalue weighted by Gasteiger charge is 2.29. The summed E-state index contributed by atoms with van der Waals surface area (Å²) in [5.41, 5.74) is 0. The van der Waals surface area contributed by atoms with Gasteiger partial charge in [-0.15, -0.1) is 0 Å². The van der Waals surface area contributed by atoms with Crippen LogP contribution >= 0.6 is 0 Å². The molecule has 1 aliphatic heterocycles. The Balaban J connectivity index is 2.25. The molecule has 20 heavy (non-hydrogen) atoms. The Bertz CT molecular complexity index is 387. The first kappa shape index (κ1) is 17.9. The molecular weight excluding hydrogens is 276 g/mol.